The lowest BCUT2D eigenvalue weighted by molar-refractivity contribution is 0.242. The van der Waals surface area contributed by atoms with Crippen molar-refractivity contribution in [3.63, 3.8) is 0 Å². The van der Waals surface area contributed by atoms with E-state index in [-0.39, 0.29) is 0 Å². The second-order valence-electron chi connectivity index (χ2n) is 4.66. The van der Waals surface area contributed by atoms with E-state index in [2.05, 4.69) is 0 Å². The Hall–Kier alpha value is -0.640. The van der Waals surface area contributed by atoms with E-state index in [4.69, 9.17) is 20.6 Å². The van der Waals surface area contributed by atoms with Crippen LogP contribution in [-0.4, -0.2) is 39.0 Å². The van der Waals surface area contributed by atoms with Gasteiger partial charge in [0.15, 0.2) is 0 Å². The largest absolute Gasteiger partial charge is 0.351 e. The van der Waals surface area contributed by atoms with Gasteiger partial charge in [0, 0.05) is 19.3 Å². The van der Waals surface area contributed by atoms with E-state index in [0.717, 1.165) is 11.1 Å². The fourth-order valence-electron chi connectivity index (χ4n) is 1.75. The third-order valence-corrected chi connectivity index (χ3v) is 5.61. The minimum absolute atomic E-state index is 0.512. The summed E-state index contributed by atoms with van der Waals surface area (Å²) in [5.41, 5.74) is 2.02. The van der Waals surface area contributed by atoms with Gasteiger partial charge >= 0.3 is 7.60 Å². The molecular formula is C14H21ClNO3P. The number of benzene rings is 1. The fourth-order valence-corrected chi connectivity index (χ4v) is 3.57. The maximum atomic E-state index is 12.5. The molecule has 20 heavy (non-hydrogen) atoms. The Morgan fingerprint density at radius 2 is 1.75 bits per heavy atom. The van der Waals surface area contributed by atoms with Crippen LogP contribution in [0.5, 0.6) is 0 Å². The average Bonchev–Trinajstić information content (AvgIpc) is 2.44. The van der Waals surface area contributed by atoms with Crippen molar-refractivity contribution in [1.82, 2.24) is 4.90 Å². The molecule has 0 saturated carbocycles. The Balaban J connectivity index is 3.14. The molecule has 0 aliphatic rings. The molecule has 0 bridgehead atoms. The highest BCUT2D eigenvalue weighted by atomic mass is 35.5. The smallest absolute Gasteiger partial charge is 0.311 e. The lowest BCUT2D eigenvalue weighted by Gasteiger charge is -2.27. The van der Waals surface area contributed by atoms with Crippen molar-refractivity contribution >= 4 is 24.2 Å². The predicted molar refractivity (Wildman–Crippen MR) is 84.1 cm³/mol. The van der Waals surface area contributed by atoms with E-state index in [1.165, 1.54) is 14.2 Å². The van der Waals surface area contributed by atoms with E-state index >= 15 is 0 Å². The maximum absolute atomic E-state index is 12.5. The van der Waals surface area contributed by atoms with Gasteiger partial charge in [0.1, 0.15) is 5.78 Å². The van der Waals surface area contributed by atoms with Crippen LogP contribution in [0.3, 0.4) is 0 Å². The van der Waals surface area contributed by atoms with Crippen LogP contribution in [-0.2, 0) is 13.6 Å². The number of hydrogen-bond acceptors (Lipinski definition) is 4. The summed E-state index contributed by atoms with van der Waals surface area (Å²) in [5.74, 6) is -0.550. The molecule has 1 aromatic carbocycles. The Morgan fingerprint density at radius 1 is 1.25 bits per heavy atom. The highest BCUT2D eigenvalue weighted by Crippen LogP contribution is 2.53. The van der Waals surface area contributed by atoms with Crippen LogP contribution < -0.4 is 0 Å². The maximum Gasteiger partial charge on any atom is 0.351 e. The quantitative estimate of drug-likeness (QED) is 0.745. The van der Waals surface area contributed by atoms with E-state index in [0.29, 0.717) is 5.03 Å². The SMILES string of the molecule is COP(=O)(OC)C(/C=C(\Cl)c1ccc(C)cc1)N(C)C. The van der Waals surface area contributed by atoms with Crippen molar-refractivity contribution in [2.75, 3.05) is 28.3 Å². The zero-order valence-corrected chi connectivity index (χ0v) is 14.1. The summed E-state index contributed by atoms with van der Waals surface area (Å²) in [4.78, 5) is 1.75. The number of halogens is 1. The topological polar surface area (TPSA) is 38.8 Å². The zero-order valence-electron chi connectivity index (χ0n) is 12.5. The first-order valence-electron chi connectivity index (χ1n) is 6.16. The van der Waals surface area contributed by atoms with Crippen molar-refractivity contribution in [1.29, 1.82) is 0 Å². The van der Waals surface area contributed by atoms with Gasteiger partial charge in [-0.2, -0.15) is 0 Å². The van der Waals surface area contributed by atoms with Gasteiger partial charge in [-0.15, -0.1) is 0 Å². The molecule has 0 fully saturated rings. The molecule has 0 radical (unpaired) electrons. The first kappa shape index (κ1) is 17.4. The Bertz CT molecular complexity index is 506. The van der Waals surface area contributed by atoms with Gasteiger partial charge < -0.3 is 9.05 Å². The van der Waals surface area contributed by atoms with Gasteiger partial charge in [-0.1, -0.05) is 41.4 Å². The number of nitrogens with zero attached hydrogens (tertiary/aromatic N) is 1. The van der Waals surface area contributed by atoms with Crippen molar-refractivity contribution in [2.24, 2.45) is 0 Å². The average molecular weight is 318 g/mol. The minimum Gasteiger partial charge on any atom is -0.311 e. The highest BCUT2D eigenvalue weighted by molar-refractivity contribution is 7.54. The number of aryl methyl sites for hydroxylation is 1. The second-order valence-corrected chi connectivity index (χ2v) is 7.41. The monoisotopic (exact) mass is 317 g/mol. The molecule has 0 aromatic heterocycles. The molecule has 0 heterocycles. The van der Waals surface area contributed by atoms with E-state index in [1.807, 2.05) is 31.2 Å². The molecular weight excluding hydrogens is 297 g/mol. The molecule has 4 nitrogen and oxygen atoms in total. The zero-order chi connectivity index (χ0) is 15.3. The van der Waals surface area contributed by atoms with Crippen molar-refractivity contribution < 1.29 is 13.6 Å². The van der Waals surface area contributed by atoms with Gasteiger partial charge in [0.05, 0.1) is 0 Å². The van der Waals surface area contributed by atoms with Crippen molar-refractivity contribution in [3.8, 4) is 0 Å². The molecule has 6 heteroatoms. The van der Waals surface area contributed by atoms with Crippen LogP contribution in [0, 0.1) is 6.92 Å². The van der Waals surface area contributed by atoms with Crippen molar-refractivity contribution in [2.45, 2.75) is 12.7 Å². The molecule has 0 saturated heterocycles. The Labute approximate surface area is 125 Å². The van der Waals surface area contributed by atoms with Crippen molar-refractivity contribution in [3.05, 3.63) is 41.5 Å². The molecule has 0 spiro atoms. The van der Waals surface area contributed by atoms with Gasteiger partial charge in [-0.05, 0) is 32.7 Å². The molecule has 1 unspecified atom stereocenters. The minimum atomic E-state index is -3.27. The molecule has 1 aromatic rings. The second kappa shape index (κ2) is 7.39. The van der Waals surface area contributed by atoms with E-state index in [1.54, 1.807) is 25.1 Å². The lowest BCUT2D eigenvalue weighted by atomic mass is 10.1. The molecule has 1 atom stereocenters. The Kier molecular flexibility index (Phi) is 6.44. The fraction of sp³-hybridized carbons (Fsp3) is 0.429. The highest BCUT2D eigenvalue weighted by Gasteiger charge is 2.34. The van der Waals surface area contributed by atoms with Crippen LogP contribution in [0.25, 0.3) is 5.03 Å². The van der Waals surface area contributed by atoms with Crippen LogP contribution in [0.4, 0.5) is 0 Å². The van der Waals surface area contributed by atoms with Crippen LogP contribution in [0.2, 0.25) is 0 Å². The van der Waals surface area contributed by atoms with Crippen LogP contribution in [0.15, 0.2) is 30.3 Å². The summed E-state index contributed by atoms with van der Waals surface area (Å²) in [6.45, 7) is 2.01. The molecule has 1 rings (SSSR count). The third kappa shape index (κ3) is 4.18. The molecule has 0 aliphatic carbocycles. The molecule has 112 valence electrons. The van der Waals surface area contributed by atoms with Gasteiger partial charge in [0.2, 0.25) is 0 Å². The molecule has 0 N–H and O–H groups in total. The van der Waals surface area contributed by atoms with Crippen LogP contribution in [0.1, 0.15) is 11.1 Å². The summed E-state index contributed by atoms with van der Waals surface area (Å²) in [6, 6.07) is 7.79. The summed E-state index contributed by atoms with van der Waals surface area (Å²) in [7, 11) is 3.07. The Morgan fingerprint density at radius 3 is 2.15 bits per heavy atom. The lowest BCUT2D eigenvalue weighted by Crippen LogP contribution is -2.27. The first-order valence-corrected chi connectivity index (χ1v) is 8.15. The van der Waals surface area contributed by atoms with Gasteiger partial charge in [-0.25, -0.2) is 0 Å². The number of likely N-dealkylation sites (N-methyl/N-ethyl adjacent to an activating group) is 1. The van der Waals surface area contributed by atoms with Crippen LogP contribution >= 0.6 is 19.2 Å². The number of rotatable bonds is 6. The predicted octanol–water partition coefficient (Wildman–Crippen LogP) is 3.95. The normalized spacial score (nSPS) is 14.7. The van der Waals surface area contributed by atoms with E-state index in [9.17, 15) is 4.57 Å². The third-order valence-electron chi connectivity index (χ3n) is 2.98. The summed E-state index contributed by atoms with van der Waals surface area (Å²) in [6.07, 6.45) is 1.69. The molecule has 0 amide bonds. The number of hydrogen-bond donors (Lipinski definition) is 0. The van der Waals surface area contributed by atoms with Gasteiger partial charge in [-0.3, -0.25) is 9.46 Å². The van der Waals surface area contributed by atoms with E-state index < -0.39 is 13.4 Å². The summed E-state index contributed by atoms with van der Waals surface area (Å²) >= 11 is 6.32. The standard InChI is InChI=1S/C14H21ClNO3P/c1-11-6-8-12(9-7-11)13(15)10-14(16(2)3)20(17,18-4)19-5/h6-10,14H,1-5H3/b13-10-. The molecule has 0 aliphatic heterocycles. The van der Waals surface area contributed by atoms with Gasteiger partial charge in [0.25, 0.3) is 0 Å². The summed E-state index contributed by atoms with van der Waals surface area (Å²) in [5, 5.41) is 0.512. The summed E-state index contributed by atoms with van der Waals surface area (Å²) < 4.78 is 22.6. The first-order chi connectivity index (χ1) is 9.34.